The fourth-order valence-electron chi connectivity index (χ4n) is 2.25. The number of hydrogen-bond donors (Lipinski definition) is 1. The van der Waals surface area contributed by atoms with Crippen LogP contribution in [0.3, 0.4) is 0 Å². The summed E-state index contributed by atoms with van der Waals surface area (Å²) in [6.45, 7) is 13.1. The van der Waals surface area contributed by atoms with E-state index in [1.807, 2.05) is 6.92 Å². The molecular weight excluding hydrogens is 264 g/mol. The number of aromatic nitrogens is 1. The number of oxazole rings is 1. The van der Waals surface area contributed by atoms with E-state index in [0.29, 0.717) is 6.54 Å². The van der Waals surface area contributed by atoms with Crippen molar-refractivity contribution in [2.75, 3.05) is 6.54 Å². The molecule has 4 heteroatoms. The van der Waals surface area contributed by atoms with Gasteiger partial charge < -0.3 is 9.73 Å². The molecule has 1 aromatic rings. The summed E-state index contributed by atoms with van der Waals surface area (Å²) in [5.74, 6) is 2.04. The monoisotopic (exact) mass is 294 g/mol. The lowest BCUT2D eigenvalue weighted by Crippen LogP contribution is -2.31. The first-order chi connectivity index (χ1) is 9.79. The molecule has 1 heterocycles. The highest BCUT2D eigenvalue weighted by Crippen LogP contribution is 2.24. The van der Waals surface area contributed by atoms with Gasteiger partial charge >= 0.3 is 0 Å². The first-order valence-electron chi connectivity index (χ1n) is 8.04. The molecule has 1 aromatic heterocycles. The Balaban J connectivity index is 2.43. The number of nitrogens with one attached hydrogen (secondary N) is 1. The highest BCUT2D eigenvalue weighted by molar-refractivity contribution is 5.78. The number of hydrogen-bond acceptors (Lipinski definition) is 3. The molecule has 0 aliphatic rings. The molecule has 120 valence electrons. The molecule has 0 fully saturated rings. The van der Waals surface area contributed by atoms with Crippen LogP contribution in [0.25, 0.3) is 0 Å². The van der Waals surface area contributed by atoms with E-state index in [-0.39, 0.29) is 17.2 Å². The molecule has 0 bridgehead atoms. The summed E-state index contributed by atoms with van der Waals surface area (Å²) in [5.41, 5.74) is 0.901. The highest BCUT2D eigenvalue weighted by Gasteiger charge is 2.22. The van der Waals surface area contributed by atoms with E-state index in [9.17, 15) is 4.79 Å². The Kier molecular flexibility index (Phi) is 6.43. The maximum atomic E-state index is 11.9. The van der Waals surface area contributed by atoms with E-state index in [1.165, 1.54) is 0 Å². The Hall–Kier alpha value is -1.32. The van der Waals surface area contributed by atoms with Crippen molar-refractivity contribution in [1.82, 2.24) is 10.3 Å². The highest BCUT2D eigenvalue weighted by atomic mass is 16.4. The zero-order chi connectivity index (χ0) is 16.0. The van der Waals surface area contributed by atoms with Crippen molar-refractivity contribution in [3.8, 4) is 0 Å². The van der Waals surface area contributed by atoms with Crippen LogP contribution >= 0.6 is 0 Å². The summed E-state index contributed by atoms with van der Waals surface area (Å²) in [4.78, 5) is 16.4. The predicted octanol–water partition coefficient (Wildman–Crippen LogP) is 3.77. The van der Waals surface area contributed by atoms with Crippen LogP contribution in [0.5, 0.6) is 0 Å². The molecule has 0 spiro atoms. The molecule has 1 N–H and O–H groups in total. The number of carbonyl (C=O) groups is 1. The van der Waals surface area contributed by atoms with Gasteiger partial charge in [-0.25, -0.2) is 4.98 Å². The molecule has 1 amide bonds. The van der Waals surface area contributed by atoms with Crippen LogP contribution < -0.4 is 5.32 Å². The van der Waals surface area contributed by atoms with Crippen molar-refractivity contribution in [2.45, 2.75) is 72.6 Å². The van der Waals surface area contributed by atoms with Crippen LogP contribution in [0.2, 0.25) is 0 Å². The van der Waals surface area contributed by atoms with E-state index in [2.05, 4.69) is 44.9 Å². The van der Waals surface area contributed by atoms with Crippen LogP contribution in [0, 0.1) is 12.8 Å². The summed E-state index contributed by atoms with van der Waals surface area (Å²) < 4.78 is 5.85. The minimum absolute atomic E-state index is 0.0628. The normalized spacial score (nSPS) is 12.0. The van der Waals surface area contributed by atoms with Gasteiger partial charge in [0.05, 0.1) is 5.69 Å². The topological polar surface area (TPSA) is 55.1 Å². The zero-order valence-corrected chi connectivity index (χ0v) is 14.4. The van der Waals surface area contributed by atoms with Crippen LogP contribution in [-0.2, 0) is 16.6 Å². The second-order valence-corrected chi connectivity index (χ2v) is 6.69. The summed E-state index contributed by atoms with van der Waals surface area (Å²) in [6, 6.07) is 0. The molecule has 0 radical (unpaired) electrons. The van der Waals surface area contributed by atoms with E-state index < -0.39 is 0 Å². The quantitative estimate of drug-likeness (QED) is 0.779. The molecule has 1 rings (SSSR count). The van der Waals surface area contributed by atoms with Gasteiger partial charge in [-0.05, 0) is 26.2 Å². The Morgan fingerprint density at radius 1 is 1.29 bits per heavy atom. The molecule has 0 saturated carbocycles. The number of carbonyl (C=O) groups excluding carboxylic acids is 1. The number of nitrogens with zero attached hydrogens (tertiary/aromatic N) is 1. The first kappa shape index (κ1) is 17.7. The minimum Gasteiger partial charge on any atom is -0.445 e. The van der Waals surface area contributed by atoms with Gasteiger partial charge in [-0.15, -0.1) is 0 Å². The molecule has 4 nitrogen and oxygen atoms in total. The van der Waals surface area contributed by atoms with Crippen LogP contribution in [0.15, 0.2) is 4.42 Å². The Bertz CT molecular complexity index is 454. The molecule has 0 saturated heterocycles. The predicted molar refractivity (Wildman–Crippen MR) is 85.3 cm³/mol. The summed E-state index contributed by atoms with van der Waals surface area (Å²) in [7, 11) is 0. The summed E-state index contributed by atoms with van der Waals surface area (Å²) in [6.07, 6.45) is 3.50. The van der Waals surface area contributed by atoms with E-state index in [1.54, 1.807) is 0 Å². The minimum atomic E-state index is -0.0628. The Labute approximate surface area is 128 Å². The van der Waals surface area contributed by atoms with Gasteiger partial charge in [-0.1, -0.05) is 34.6 Å². The SMILES string of the molecule is CCC(CC)C(=O)NCCCc1oc(C(C)(C)C)nc1C. The van der Waals surface area contributed by atoms with E-state index in [4.69, 9.17) is 4.42 Å². The third-order valence-corrected chi connectivity index (χ3v) is 3.77. The van der Waals surface area contributed by atoms with Gasteiger partial charge in [0, 0.05) is 24.3 Å². The van der Waals surface area contributed by atoms with Crippen LogP contribution in [0.1, 0.15) is 71.2 Å². The van der Waals surface area contributed by atoms with E-state index in [0.717, 1.165) is 43.0 Å². The molecular formula is C17H30N2O2. The van der Waals surface area contributed by atoms with Gasteiger partial charge in [0.15, 0.2) is 5.89 Å². The van der Waals surface area contributed by atoms with Crippen LogP contribution in [-0.4, -0.2) is 17.4 Å². The number of amides is 1. The molecule has 0 aliphatic heterocycles. The third-order valence-electron chi connectivity index (χ3n) is 3.77. The van der Waals surface area contributed by atoms with Gasteiger partial charge in [0.2, 0.25) is 5.91 Å². The second kappa shape index (κ2) is 7.62. The summed E-state index contributed by atoms with van der Waals surface area (Å²) in [5, 5.41) is 3.01. The largest absolute Gasteiger partial charge is 0.445 e. The molecule has 0 unspecified atom stereocenters. The van der Waals surface area contributed by atoms with Crippen molar-refractivity contribution in [3.05, 3.63) is 17.3 Å². The number of rotatable bonds is 7. The molecule has 0 aromatic carbocycles. The zero-order valence-electron chi connectivity index (χ0n) is 14.4. The number of aryl methyl sites for hydroxylation is 2. The Morgan fingerprint density at radius 2 is 1.90 bits per heavy atom. The lowest BCUT2D eigenvalue weighted by atomic mass is 9.97. The van der Waals surface area contributed by atoms with E-state index >= 15 is 0 Å². The maximum absolute atomic E-state index is 11.9. The average molecular weight is 294 g/mol. The standard InChI is InChI=1S/C17H30N2O2/c1-7-13(8-2)15(20)18-11-9-10-14-12(3)19-16(21-14)17(4,5)6/h13H,7-11H2,1-6H3,(H,18,20). The van der Waals surface area contributed by atoms with Crippen molar-refractivity contribution < 1.29 is 9.21 Å². The van der Waals surface area contributed by atoms with Crippen molar-refractivity contribution >= 4 is 5.91 Å². The van der Waals surface area contributed by atoms with Crippen molar-refractivity contribution in [3.63, 3.8) is 0 Å². The third kappa shape index (κ3) is 5.18. The second-order valence-electron chi connectivity index (χ2n) is 6.69. The fraction of sp³-hybridized carbons (Fsp3) is 0.765. The summed E-state index contributed by atoms with van der Waals surface area (Å²) >= 11 is 0. The first-order valence-corrected chi connectivity index (χ1v) is 8.04. The molecule has 21 heavy (non-hydrogen) atoms. The maximum Gasteiger partial charge on any atom is 0.223 e. The van der Waals surface area contributed by atoms with Gasteiger partial charge in [0.25, 0.3) is 0 Å². The molecule has 0 atom stereocenters. The lowest BCUT2D eigenvalue weighted by molar-refractivity contribution is -0.125. The van der Waals surface area contributed by atoms with Crippen LogP contribution in [0.4, 0.5) is 0 Å². The fourth-order valence-corrected chi connectivity index (χ4v) is 2.25. The lowest BCUT2D eigenvalue weighted by Gasteiger charge is -2.13. The smallest absolute Gasteiger partial charge is 0.223 e. The van der Waals surface area contributed by atoms with Crippen molar-refractivity contribution in [1.29, 1.82) is 0 Å². The van der Waals surface area contributed by atoms with Gasteiger partial charge in [0.1, 0.15) is 5.76 Å². The van der Waals surface area contributed by atoms with Crippen molar-refractivity contribution in [2.24, 2.45) is 5.92 Å². The molecule has 0 aliphatic carbocycles. The van der Waals surface area contributed by atoms with Gasteiger partial charge in [-0.2, -0.15) is 0 Å². The van der Waals surface area contributed by atoms with Gasteiger partial charge in [-0.3, -0.25) is 4.79 Å². The average Bonchev–Trinajstić information content (AvgIpc) is 2.77. The Morgan fingerprint density at radius 3 is 2.38 bits per heavy atom.